The standard InChI is InChI=1S/C68H125O24P/c1-4-7-10-13-16-19-22-24-26-29-32-35-38-41-44-54(72)87-49(46-84-52(70)42-39-36-33-31-28-25-23-20-17-14-11-8-5-2)47-86-93(82,83)92-66-64(90-67-62(80)57(75)55(73)50(45-69)88-67)60(78)59(77)61(79)65(66)91-68-63(81)58(76)56(74)51(89-68)48-85-53(71)43-40-37-34-30-27-21-18-15-12-9-6-3/h26,29,49-51,55-69,73-81H,4-25,27-28,30-48H2,1-3H3,(H,82,83)/b29-26-. The second-order valence-electron chi connectivity index (χ2n) is 26.0. The molecule has 2 saturated heterocycles. The molecule has 0 aromatic heterocycles. The van der Waals surface area contributed by atoms with E-state index >= 15 is 0 Å². The highest BCUT2D eigenvalue weighted by molar-refractivity contribution is 7.47. The van der Waals surface area contributed by atoms with Crippen LogP contribution >= 0.6 is 7.82 Å². The van der Waals surface area contributed by atoms with E-state index in [1.54, 1.807) is 0 Å². The van der Waals surface area contributed by atoms with Gasteiger partial charge < -0.3 is 89.1 Å². The van der Waals surface area contributed by atoms with Crippen LogP contribution in [0.5, 0.6) is 0 Å². The fourth-order valence-corrected chi connectivity index (χ4v) is 12.8. The zero-order valence-electron chi connectivity index (χ0n) is 56.5. The third-order valence-electron chi connectivity index (χ3n) is 17.8. The summed E-state index contributed by atoms with van der Waals surface area (Å²) in [5.41, 5.74) is 0. The van der Waals surface area contributed by atoms with Gasteiger partial charge in [-0.3, -0.25) is 23.4 Å². The lowest BCUT2D eigenvalue weighted by atomic mass is 9.84. The number of phosphoric ester groups is 1. The highest BCUT2D eigenvalue weighted by atomic mass is 31.2. The van der Waals surface area contributed by atoms with E-state index in [9.17, 15) is 74.9 Å². The van der Waals surface area contributed by atoms with Crippen molar-refractivity contribution in [2.75, 3.05) is 26.4 Å². The molecule has 2 aliphatic heterocycles. The maximum absolute atomic E-state index is 14.3. The third kappa shape index (κ3) is 34.9. The van der Waals surface area contributed by atoms with Gasteiger partial charge in [0.25, 0.3) is 0 Å². The van der Waals surface area contributed by atoms with Gasteiger partial charge in [0.15, 0.2) is 18.7 Å². The van der Waals surface area contributed by atoms with E-state index in [1.165, 1.54) is 116 Å². The minimum Gasteiger partial charge on any atom is -0.463 e. The smallest absolute Gasteiger partial charge is 0.463 e. The van der Waals surface area contributed by atoms with Gasteiger partial charge in [-0.1, -0.05) is 219 Å². The summed E-state index contributed by atoms with van der Waals surface area (Å²) in [6.45, 7) is 3.40. The number of aliphatic hydroxyl groups is 10. The molecule has 2 heterocycles. The molecule has 0 spiro atoms. The quantitative estimate of drug-likeness (QED) is 0.00890. The number of esters is 3. The number of phosphoric acid groups is 1. The van der Waals surface area contributed by atoms with Crippen LogP contribution in [0.1, 0.15) is 271 Å². The van der Waals surface area contributed by atoms with E-state index in [-0.39, 0.29) is 19.3 Å². The predicted molar refractivity (Wildman–Crippen MR) is 347 cm³/mol. The maximum atomic E-state index is 14.3. The number of hydrogen-bond donors (Lipinski definition) is 11. The van der Waals surface area contributed by atoms with Crippen LogP contribution in [-0.4, -0.2) is 204 Å². The first kappa shape index (κ1) is 84.9. The van der Waals surface area contributed by atoms with E-state index in [1.807, 2.05) is 0 Å². The van der Waals surface area contributed by atoms with Gasteiger partial charge in [0.2, 0.25) is 0 Å². The summed E-state index contributed by atoms with van der Waals surface area (Å²) in [6.07, 6.45) is 7.39. The van der Waals surface area contributed by atoms with Crippen molar-refractivity contribution >= 4 is 25.7 Å². The molecule has 0 aromatic carbocycles. The molecule has 0 amide bonds. The lowest BCUT2D eigenvalue weighted by Gasteiger charge is -2.49. The molecule has 18 atom stereocenters. The molecule has 25 heteroatoms. The molecule has 0 bridgehead atoms. The van der Waals surface area contributed by atoms with Crippen molar-refractivity contribution in [1.29, 1.82) is 0 Å². The highest BCUT2D eigenvalue weighted by Crippen LogP contribution is 2.49. The van der Waals surface area contributed by atoms with E-state index < -0.39 is 156 Å². The minimum atomic E-state index is -5.69. The molecule has 1 aliphatic carbocycles. The average molecular weight is 1360 g/mol. The SMILES string of the molecule is CCCCCCCCC/C=C\CCCCCC(=O)OC(COC(=O)CCCCCCCCCCCCCCC)COP(=O)(O)OC1C(OC2OC(CO)C(O)C(O)C2O)C(O)C(O)C(O)C1OC1OC(COC(=O)CCCCCCCCCCCCC)C(O)C(O)C1O. The number of unbranched alkanes of at least 4 members (excludes halogenated alkanes) is 32. The number of allylic oxidation sites excluding steroid dienone is 2. The summed E-state index contributed by atoms with van der Waals surface area (Å²) in [5, 5.41) is 110. The zero-order valence-corrected chi connectivity index (χ0v) is 57.4. The fraction of sp³-hybridized carbons (Fsp3) is 0.926. The number of aliphatic hydroxyl groups excluding tert-OH is 10. The van der Waals surface area contributed by atoms with E-state index in [2.05, 4.69) is 32.9 Å². The molecule has 1 saturated carbocycles. The van der Waals surface area contributed by atoms with Crippen LogP contribution in [0.15, 0.2) is 12.2 Å². The molecule has 546 valence electrons. The van der Waals surface area contributed by atoms with E-state index in [4.69, 9.17) is 42.2 Å². The Kier molecular flexibility index (Phi) is 46.5. The van der Waals surface area contributed by atoms with Crippen molar-refractivity contribution < 1.29 is 117 Å². The zero-order chi connectivity index (χ0) is 68.2. The van der Waals surface area contributed by atoms with Crippen molar-refractivity contribution in [3.8, 4) is 0 Å². The number of hydrogen-bond acceptors (Lipinski definition) is 23. The molecule has 0 aromatic rings. The molecule has 24 nitrogen and oxygen atoms in total. The molecular weight excluding hydrogens is 1230 g/mol. The molecule has 11 N–H and O–H groups in total. The van der Waals surface area contributed by atoms with Crippen molar-refractivity contribution in [3.63, 3.8) is 0 Å². The average Bonchev–Trinajstić information content (AvgIpc) is 0.776. The Morgan fingerprint density at radius 1 is 0.409 bits per heavy atom. The summed E-state index contributed by atoms with van der Waals surface area (Å²) in [6, 6.07) is 0. The Hall–Kier alpha value is -2.30. The van der Waals surface area contributed by atoms with Gasteiger partial charge in [-0.15, -0.1) is 0 Å². The van der Waals surface area contributed by atoms with Crippen molar-refractivity contribution in [3.05, 3.63) is 12.2 Å². The Labute approximate surface area is 554 Å². The molecule has 0 radical (unpaired) electrons. The summed E-state index contributed by atoms with van der Waals surface area (Å²) >= 11 is 0. The van der Waals surface area contributed by atoms with Crippen molar-refractivity contribution in [2.24, 2.45) is 0 Å². The number of carbonyl (C=O) groups excluding carboxylic acids is 3. The normalized spacial score (nSPS) is 28.5. The van der Waals surface area contributed by atoms with Gasteiger partial charge in [-0.05, 0) is 44.9 Å². The molecule has 3 aliphatic rings. The lowest BCUT2D eigenvalue weighted by molar-refractivity contribution is -0.360. The van der Waals surface area contributed by atoms with Crippen LogP contribution in [0.4, 0.5) is 0 Å². The van der Waals surface area contributed by atoms with Crippen LogP contribution in [0.3, 0.4) is 0 Å². The predicted octanol–water partition coefficient (Wildman–Crippen LogP) is 8.79. The van der Waals surface area contributed by atoms with E-state index in [0.29, 0.717) is 25.7 Å². The monoisotopic (exact) mass is 1360 g/mol. The molecule has 93 heavy (non-hydrogen) atoms. The Morgan fingerprint density at radius 2 is 0.753 bits per heavy atom. The first-order valence-electron chi connectivity index (χ1n) is 36.0. The van der Waals surface area contributed by atoms with Crippen molar-refractivity contribution in [1.82, 2.24) is 0 Å². The Balaban J connectivity index is 1.77. The minimum absolute atomic E-state index is 0.0309. The molecule has 3 fully saturated rings. The van der Waals surface area contributed by atoms with Gasteiger partial charge in [0.1, 0.15) is 98.7 Å². The number of carbonyl (C=O) groups is 3. The third-order valence-corrected chi connectivity index (χ3v) is 18.8. The van der Waals surface area contributed by atoms with Crippen LogP contribution in [-0.2, 0) is 61.2 Å². The molecular formula is C68H125O24P. The van der Waals surface area contributed by atoms with Crippen LogP contribution in [0, 0.1) is 0 Å². The first-order valence-corrected chi connectivity index (χ1v) is 37.5. The van der Waals surface area contributed by atoms with Crippen molar-refractivity contribution in [2.45, 2.75) is 375 Å². The molecule has 3 rings (SSSR count). The topological polar surface area (TPSA) is 374 Å². The summed E-state index contributed by atoms with van der Waals surface area (Å²) < 4.78 is 64.8. The maximum Gasteiger partial charge on any atom is 0.472 e. The fourth-order valence-electron chi connectivity index (χ4n) is 11.9. The largest absolute Gasteiger partial charge is 0.472 e. The Morgan fingerprint density at radius 3 is 1.17 bits per heavy atom. The summed E-state index contributed by atoms with van der Waals surface area (Å²) in [4.78, 5) is 50.8. The summed E-state index contributed by atoms with van der Waals surface area (Å²) in [5.74, 6) is -2.00. The Bertz CT molecular complexity index is 1990. The second-order valence-corrected chi connectivity index (χ2v) is 27.4. The number of rotatable bonds is 55. The number of ether oxygens (including phenoxy) is 7. The van der Waals surface area contributed by atoms with Gasteiger partial charge >= 0.3 is 25.7 Å². The van der Waals surface area contributed by atoms with Gasteiger partial charge in [-0.2, -0.15) is 0 Å². The highest BCUT2D eigenvalue weighted by Gasteiger charge is 2.58. The first-order chi connectivity index (χ1) is 44.8. The summed E-state index contributed by atoms with van der Waals surface area (Å²) in [7, 11) is -5.69. The van der Waals surface area contributed by atoms with Gasteiger partial charge in [0, 0.05) is 19.3 Å². The molecule has 18 unspecified atom stereocenters. The lowest BCUT2D eigenvalue weighted by Crippen LogP contribution is -2.69. The van der Waals surface area contributed by atoms with Crippen LogP contribution in [0.2, 0.25) is 0 Å². The van der Waals surface area contributed by atoms with Crippen LogP contribution in [0.25, 0.3) is 0 Å². The van der Waals surface area contributed by atoms with Gasteiger partial charge in [0.05, 0.1) is 13.2 Å². The van der Waals surface area contributed by atoms with Crippen LogP contribution < -0.4 is 0 Å². The second kappa shape index (κ2) is 50.9. The van der Waals surface area contributed by atoms with Gasteiger partial charge in [-0.25, -0.2) is 4.57 Å². The van der Waals surface area contributed by atoms with E-state index in [0.717, 1.165) is 89.9 Å².